The summed E-state index contributed by atoms with van der Waals surface area (Å²) >= 11 is 0. The smallest absolute Gasteiger partial charge is 0.325 e. The highest BCUT2D eigenvalue weighted by atomic mass is 16.6. The van der Waals surface area contributed by atoms with Crippen LogP contribution in [0.25, 0.3) is 0 Å². The molecule has 138 valence electrons. The topological polar surface area (TPSA) is 113 Å². The number of hydrogen-bond donors (Lipinski definition) is 1. The quantitative estimate of drug-likeness (QED) is 0.495. The number of amides is 4. The molecule has 1 aromatic carbocycles. The number of carbonyl (C=O) groups excluding carboxylic acids is 3. The number of piperidine rings is 1. The number of nitro benzene ring substituents is 1. The molecule has 0 spiro atoms. The second-order valence-electron chi connectivity index (χ2n) is 6.69. The zero-order valence-corrected chi connectivity index (χ0v) is 14.4. The van der Waals surface area contributed by atoms with Crippen LogP contribution in [0.15, 0.2) is 24.3 Å². The molecular formula is C17H20N4O5. The molecule has 4 amide bonds. The average Bonchev–Trinajstić information content (AvgIpc) is 2.86. The maximum atomic E-state index is 12.8. The lowest BCUT2D eigenvalue weighted by atomic mass is 9.92. The van der Waals surface area contributed by atoms with E-state index in [0.29, 0.717) is 18.7 Å². The number of rotatable bonds is 4. The maximum Gasteiger partial charge on any atom is 0.325 e. The first kappa shape index (κ1) is 17.8. The van der Waals surface area contributed by atoms with Crippen molar-refractivity contribution in [2.75, 3.05) is 19.6 Å². The van der Waals surface area contributed by atoms with Gasteiger partial charge in [-0.05, 0) is 43.9 Å². The van der Waals surface area contributed by atoms with Crippen LogP contribution in [0.3, 0.4) is 0 Å². The van der Waals surface area contributed by atoms with Crippen LogP contribution in [-0.2, 0) is 15.1 Å². The summed E-state index contributed by atoms with van der Waals surface area (Å²) in [6, 6.07) is 4.79. The van der Waals surface area contributed by atoms with E-state index in [0.717, 1.165) is 24.2 Å². The summed E-state index contributed by atoms with van der Waals surface area (Å²) in [6.07, 6.45) is 2.92. The fourth-order valence-electron chi connectivity index (χ4n) is 3.33. The average molecular weight is 360 g/mol. The predicted molar refractivity (Wildman–Crippen MR) is 91.1 cm³/mol. The Hall–Kier alpha value is -2.97. The van der Waals surface area contributed by atoms with Gasteiger partial charge in [-0.1, -0.05) is 0 Å². The molecule has 9 heteroatoms. The molecule has 0 aromatic heterocycles. The Bertz CT molecular complexity index is 757. The van der Waals surface area contributed by atoms with Crippen LogP contribution in [0.4, 0.5) is 10.5 Å². The third-order valence-electron chi connectivity index (χ3n) is 4.93. The van der Waals surface area contributed by atoms with E-state index < -0.39 is 22.4 Å². The number of nitrogens with one attached hydrogen (secondary N) is 1. The lowest BCUT2D eigenvalue weighted by Gasteiger charge is -2.28. The summed E-state index contributed by atoms with van der Waals surface area (Å²) in [5.74, 6) is -0.789. The van der Waals surface area contributed by atoms with E-state index in [-0.39, 0.29) is 18.1 Å². The lowest BCUT2D eigenvalue weighted by Crippen LogP contribution is -2.45. The van der Waals surface area contributed by atoms with E-state index in [1.54, 1.807) is 4.90 Å². The van der Waals surface area contributed by atoms with Gasteiger partial charge in [0.1, 0.15) is 12.1 Å². The Labute approximate surface area is 150 Å². The molecule has 1 aromatic rings. The molecule has 1 atom stereocenters. The van der Waals surface area contributed by atoms with E-state index in [9.17, 15) is 24.5 Å². The molecule has 2 aliphatic rings. The number of benzene rings is 1. The largest absolute Gasteiger partial charge is 0.341 e. The highest BCUT2D eigenvalue weighted by molar-refractivity contribution is 6.09. The summed E-state index contributed by atoms with van der Waals surface area (Å²) in [4.78, 5) is 50.3. The molecule has 0 unspecified atom stereocenters. The molecular weight excluding hydrogens is 340 g/mol. The number of imide groups is 1. The van der Waals surface area contributed by atoms with Crippen LogP contribution in [0, 0.1) is 10.1 Å². The van der Waals surface area contributed by atoms with Crippen molar-refractivity contribution < 1.29 is 19.3 Å². The van der Waals surface area contributed by atoms with Crippen molar-refractivity contribution in [3.8, 4) is 0 Å². The molecule has 0 bridgehead atoms. The number of nitrogens with zero attached hydrogens (tertiary/aromatic N) is 3. The number of likely N-dealkylation sites (tertiary alicyclic amines) is 1. The normalized spacial score (nSPS) is 23.1. The molecule has 2 saturated heterocycles. The number of carbonyl (C=O) groups is 3. The van der Waals surface area contributed by atoms with Crippen LogP contribution in [-0.4, -0.2) is 52.2 Å². The molecule has 0 aliphatic carbocycles. The van der Waals surface area contributed by atoms with Crippen LogP contribution in [0.5, 0.6) is 0 Å². The molecule has 0 radical (unpaired) electrons. The van der Waals surface area contributed by atoms with Gasteiger partial charge < -0.3 is 10.2 Å². The minimum absolute atomic E-state index is 0.105. The fourth-order valence-corrected chi connectivity index (χ4v) is 3.33. The summed E-state index contributed by atoms with van der Waals surface area (Å²) in [5, 5.41) is 13.4. The van der Waals surface area contributed by atoms with Crippen molar-refractivity contribution >= 4 is 23.5 Å². The van der Waals surface area contributed by atoms with Gasteiger partial charge in [-0.25, -0.2) is 4.79 Å². The highest BCUT2D eigenvalue weighted by Crippen LogP contribution is 2.30. The SMILES string of the molecule is C[C@]1(c2ccc([N+](=O)[O-])cc2)NC(=O)N(CC(=O)N2CCCCC2)C1=O. The van der Waals surface area contributed by atoms with Gasteiger partial charge in [0.05, 0.1) is 4.92 Å². The van der Waals surface area contributed by atoms with Crippen LogP contribution in [0.1, 0.15) is 31.7 Å². The number of non-ortho nitro benzene ring substituents is 1. The molecule has 1 N–H and O–H groups in total. The van der Waals surface area contributed by atoms with Gasteiger partial charge in [-0.3, -0.25) is 24.6 Å². The molecule has 2 heterocycles. The Morgan fingerprint density at radius 1 is 1.19 bits per heavy atom. The molecule has 9 nitrogen and oxygen atoms in total. The first-order valence-electron chi connectivity index (χ1n) is 8.50. The van der Waals surface area contributed by atoms with Crippen LogP contribution < -0.4 is 5.32 Å². The monoisotopic (exact) mass is 360 g/mol. The first-order chi connectivity index (χ1) is 12.3. The summed E-state index contributed by atoms with van der Waals surface area (Å²) in [7, 11) is 0. The van der Waals surface area contributed by atoms with E-state index in [1.165, 1.54) is 31.2 Å². The van der Waals surface area contributed by atoms with Crippen molar-refractivity contribution in [3.05, 3.63) is 39.9 Å². The van der Waals surface area contributed by atoms with E-state index in [2.05, 4.69) is 5.32 Å². The third-order valence-corrected chi connectivity index (χ3v) is 4.93. The Morgan fingerprint density at radius 2 is 1.81 bits per heavy atom. The van der Waals surface area contributed by atoms with E-state index >= 15 is 0 Å². The zero-order chi connectivity index (χ0) is 18.9. The molecule has 3 rings (SSSR count). The Morgan fingerprint density at radius 3 is 2.38 bits per heavy atom. The zero-order valence-electron chi connectivity index (χ0n) is 14.4. The number of nitro groups is 1. The van der Waals surface area contributed by atoms with Gasteiger partial charge in [-0.15, -0.1) is 0 Å². The summed E-state index contributed by atoms with van der Waals surface area (Å²) < 4.78 is 0. The highest BCUT2D eigenvalue weighted by Gasteiger charge is 2.49. The molecule has 2 aliphatic heterocycles. The van der Waals surface area contributed by atoms with Gasteiger partial charge in [0, 0.05) is 25.2 Å². The van der Waals surface area contributed by atoms with E-state index in [1.807, 2.05) is 0 Å². The van der Waals surface area contributed by atoms with Crippen molar-refractivity contribution in [1.29, 1.82) is 0 Å². The van der Waals surface area contributed by atoms with Crippen molar-refractivity contribution in [1.82, 2.24) is 15.1 Å². The summed E-state index contributed by atoms with van der Waals surface area (Å²) in [5.41, 5.74) is -1.03. The van der Waals surface area contributed by atoms with Gasteiger partial charge in [-0.2, -0.15) is 0 Å². The lowest BCUT2D eigenvalue weighted by molar-refractivity contribution is -0.384. The standard InChI is InChI=1S/C17H20N4O5/c1-17(12-5-7-13(8-6-12)21(25)26)15(23)20(16(24)18-17)11-14(22)19-9-3-2-4-10-19/h5-8H,2-4,9-11H2,1H3,(H,18,24)/t17-/m1/s1. The van der Waals surface area contributed by atoms with Gasteiger partial charge in [0.2, 0.25) is 5.91 Å². The minimum Gasteiger partial charge on any atom is -0.341 e. The Balaban J connectivity index is 1.76. The number of hydrogen-bond acceptors (Lipinski definition) is 5. The molecule has 2 fully saturated rings. The molecule has 26 heavy (non-hydrogen) atoms. The second-order valence-corrected chi connectivity index (χ2v) is 6.69. The van der Waals surface area contributed by atoms with Crippen LogP contribution in [0.2, 0.25) is 0 Å². The molecule has 0 saturated carbocycles. The van der Waals surface area contributed by atoms with Gasteiger partial charge >= 0.3 is 6.03 Å². The fraction of sp³-hybridized carbons (Fsp3) is 0.471. The van der Waals surface area contributed by atoms with Gasteiger partial charge in [0.15, 0.2) is 0 Å². The number of urea groups is 1. The third kappa shape index (κ3) is 3.12. The summed E-state index contributed by atoms with van der Waals surface area (Å²) in [6.45, 7) is 2.51. The maximum absolute atomic E-state index is 12.8. The minimum atomic E-state index is -1.35. The van der Waals surface area contributed by atoms with Crippen molar-refractivity contribution in [3.63, 3.8) is 0 Å². The van der Waals surface area contributed by atoms with Gasteiger partial charge in [0.25, 0.3) is 11.6 Å². The first-order valence-corrected chi connectivity index (χ1v) is 8.50. The van der Waals surface area contributed by atoms with Crippen molar-refractivity contribution in [2.24, 2.45) is 0 Å². The van der Waals surface area contributed by atoms with E-state index in [4.69, 9.17) is 0 Å². The second kappa shape index (κ2) is 6.74. The van der Waals surface area contributed by atoms with Crippen LogP contribution >= 0.6 is 0 Å². The Kier molecular flexibility index (Phi) is 4.62. The van der Waals surface area contributed by atoms with Crippen molar-refractivity contribution in [2.45, 2.75) is 31.7 Å². The predicted octanol–water partition coefficient (Wildman–Crippen LogP) is 1.37.